The van der Waals surface area contributed by atoms with Gasteiger partial charge in [0.2, 0.25) is 0 Å². The summed E-state index contributed by atoms with van der Waals surface area (Å²) in [5.74, 6) is 3.07. The van der Waals surface area contributed by atoms with E-state index in [1.54, 1.807) is 18.4 Å². The lowest BCUT2D eigenvalue weighted by Gasteiger charge is -2.25. The Morgan fingerprint density at radius 3 is 3.12 bits per heavy atom. The van der Waals surface area contributed by atoms with Crippen LogP contribution in [0.5, 0.6) is 0 Å². The fourth-order valence-corrected chi connectivity index (χ4v) is 2.81. The molecule has 0 fully saturated rings. The van der Waals surface area contributed by atoms with Gasteiger partial charge in [-0.1, -0.05) is 0 Å². The zero-order valence-electron chi connectivity index (χ0n) is 14.5. The summed E-state index contributed by atoms with van der Waals surface area (Å²) < 4.78 is 7.16. The molecule has 1 aliphatic rings. The zero-order chi connectivity index (χ0) is 16.9. The zero-order valence-corrected chi connectivity index (χ0v) is 16.8. The molecule has 0 radical (unpaired) electrons. The first-order chi connectivity index (χ1) is 11.7. The molecule has 2 aromatic rings. The van der Waals surface area contributed by atoms with E-state index in [0.29, 0.717) is 11.7 Å². The highest BCUT2D eigenvalue weighted by Gasteiger charge is 2.21. The molecule has 2 atom stereocenters. The number of aryl methyl sites for hydroxylation is 2. The highest BCUT2D eigenvalue weighted by Crippen LogP contribution is 2.14. The lowest BCUT2D eigenvalue weighted by Crippen LogP contribution is -2.47. The van der Waals surface area contributed by atoms with E-state index in [-0.39, 0.29) is 36.6 Å². The number of aliphatic hydroxyl groups excluding tert-OH is 1. The maximum Gasteiger partial charge on any atom is 0.191 e. The molecule has 3 N–H and O–H groups in total. The number of hydrogen-bond donors (Lipinski definition) is 3. The van der Waals surface area contributed by atoms with Crippen LogP contribution in [0.3, 0.4) is 0 Å². The van der Waals surface area contributed by atoms with Crippen molar-refractivity contribution in [2.24, 2.45) is 4.99 Å². The summed E-state index contributed by atoms with van der Waals surface area (Å²) in [5.41, 5.74) is 0. The SMILES string of the molecule is CCNC(=NCC(O)c1ccco1)NC1CCc2nc(C)nn2C1.I. The van der Waals surface area contributed by atoms with E-state index in [0.717, 1.165) is 37.6 Å². The topological polar surface area (TPSA) is 100 Å². The van der Waals surface area contributed by atoms with Crippen LogP contribution in [-0.2, 0) is 13.0 Å². The van der Waals surface area contributed by atoms with Crippen LogP contribution in [0.1, 0.15) is 36.9 Å². The molecular formula is C16H25IN6O2. The number of furan rings is 1. The van der Waals surface area contributed by atoms with Gasteiger partial charge in [-0.3, -0.25) is 4.99 Å². The smallest absolute Gasteiger partial charge is 0.191 e. The van der Waals surface area contributed by atoms with Crippen molar-refractivity contribution in [3.63, 3.8) is 0 Å². The van der Waals surface area contributed by atoms with Crippen LogP contribution in [0.15, 0.2) is 27.8 Å². The Morgan fingerprint density at radius 2 is 2.40 bits per heavy atom. The van der Waals surface area contributed by atoms with Gasteiger partial charge in [0, 0.05) is 19.0 Å². The van der Waals surface area contributed by atoms with Crippen molar-refractivity contribution < 1.29 is 9.52 Å². The average molecular weight is 460 g/mol. The van der Waals surface area contributed by atoms with Gasteiger partial charge in [-0.25, -0.2) is 9.67 Å². The molecule has 2 unspecified atom stereocenters. The lowest BCUT2D eigenvalue weighted by molar-refractivity contribution is 0.158. The third-order valence-corrected chi connectivity index (χ3v) is 3.94. The van der Waals surface area contributed by atoms with Gasteiger partial charge in [-0.05, 0) is 32.4 Å². The van der Waals surface area contributed by atoms with Crippen LogP contribution < -0.4 is 10.6 Å². The minimum absolute atomic E-state index is 0. The van der Waals surface area contributed by atoms with Crippen LogP contribution in [0.4, 0.5) is 0 Å². The van der Waals surface area contributed by atoms with Crippen LogP contribution in [0, 0.1) is 6.92 Å². The van der Waals surface area contributed by atoms with Crippen molar-refractivity contribution in [2.45, 2.75) is 45.4 Å². The summed E-state index contributed by atoms with van der Waals surface area (Å²) in [5, 5.41) is 21.1. The van der Waals surface area contributed by atoms with E-state index < -0.39 is 6.10 Å². The van der Waals surface area contributed by atoms with Crippen molar-refractivity contribution in [3.8, 4) is 0 Å². The predicted octanol–water partition coefficient (Wildman–Crippen LogP) is 1.40. The molecular weight excluding hydrogens is 435 g/mol. The monoisotopic (exact) mass is 460 g/mol. The summed E-state index contributed by atoms with van der Waals surface area (Å²) in [6.45, 7) is 5.68. The number of nitrogens with zero attached hydrogens (tertiary/aromatic N) is 4. The molecule has 0 saturated heterocycles. The first-order valence-electron chi connectivity index (χ1n) is 8.32. The van der Waals surface area contributed by atoms with Crippen LogP contribution in [0.2, 0.25) is 0 Å². The fourth-order valence-electron chi connectivity index (χ4n) is 2.81. The van der Waals surface area contributed by atoms with Gasteiger partial charge >= 0.3 is 0 Å². The number of rotatable bonds is 5. The number of guanidine groups is 1. The van der Waals surface area contributed by atoms with Crippen LogP contribution >= 0.6 is 24.0 Å². The van der Waals surface area contributed by atoms with Gasteiger partial charge in [-0.2, -0.15) is 5.10 Å². The molecule has 0 bridgehead atoms. The Morgan fingerprint density at radius 1 is 1.56 bits per heavy atom. The molecule has 3 rings (SSSR count). The molecule has 0 amide bonds. The number of hydrogen-bond acceptors (Lipinski definition) is 5. The fraction of sp³-hybridized carbons (Fsp3) is 0.562. The lowest BCUT2D eigenvalue weighted by atomic mass is 10.1. The normalized spacial score (nSPS) is 18.2. The maximum absolute atomic E-state index is 10.1. The Balaban J connectivity index is 0.00000225. The average Bonchev–Trinajstić information content (AvgIpc) is 3.20. The van der Waals surface area contributed by atoms with Crippen molar-refractivity contribution in [1.82, 2.24) is 25.4 Å². The summed E-state index contributed by atoms with van der Waals surface area (Å²) in [6, 6.07) is 3.74. The first kappa shape index (κ1) is 19.7. The molecule has 0 saturated carbocycles. The van der Waals surface area contributed by atoms with Crippen molar-refractivity contribution in [2.75, 3.05) is 13.1 Å². The third kappa shape index (κ3) is 5.18. The van der Waals surface area contributed by atoms with Gasteiger partial charge < -0.3 is 20.2 Å². The molecule has 3 heterocycles. The molecule has 0 aliphatic carbocycles. The Labute approximate surface area is 164 Å². The Hall–Kier alpha value is -1.62. The minimum atomic E-state index is -0.744. The number of aliphatic imine (C=N–C) groups is 1. The molecule has 8 nitrogen and oxygen atoms in total. The van der Waals surface area contributed by atoms with Crippen molar-refractivity contribution in [3.05, 3.63) is 35.8 Å². The van der Waals surface area contributed by atoms with Gasteiger partial charge in [0.05, 0.1) is 19.4 Å². The highest BCUT2D eigenvalue weighted by atomic mass is 127. The number of nitrogens with one attached hydrogen (secondary N) is 2. The van der Waals surface area contributed by atoms with E-state index in [4.69, 9.17) is 4.42 Å². The van der Waals surface area contributed by atoms with Crippen molar-refractivity contribution >= 4 is 29.9 Å². The van der Waals surface area contributed by atoms with Gasteiger partial charge in [0.15, 0.2) is 5.96 Å². The number of fused-ring (bicyclic) bond motifs is 1. The van der Waals surface area contributed by atoms with Gasteiger partial charge in [-0.15, -0.1) is 24.0 Å². The summed E-state index contributed by atoms with van der Waals surface area (Å²) >= 11 is 0. The van der Waals surface area contributed by atoms with Crippen LogP contribution in [-0.4, -0.2) is 45.0 Å². The Kier molecular flexibility index (Phi) is 7.24. The largest absolute Gasteiger partial charge is 0.467 e. The second-order valence-electron chi connectivity index (χ2n) is 5.89. The van der Waals surface area contributed by atoms with E-state index in [1.165, 1.54) is 0 Å². The second-order valence-corrected chi connectivity index (χ2v) is 5.89. The number of halogens is 1. The summed E-state index contributed by atoms with van der Waals surface area (Å²) in [7, 11) is 0. The highest BCUT2D eigenvalue weighted by molar-refractivity contribution is 14.0. The van der Waals surface area contributed by atoms with E-state index >= 15 is 0 Å². The Bertz CT molecular complexity index is 685. The minimum Gasteiger partial charge on any atom is -0.467 e. The summed E-state index contributed by atoms with van der Waals surface area (Å²) in [6.07, 6.45) is 2.67. The molecule has 9 heteroatoms. The van der Waals surface area contributed by atoms with Gasteiger partial charge in [0.1, 0.15) is 23.5 Å². The van der Waals surface area contributed by atoms with E-state index in [1.807, 2.05) is 18.5 Å². The number of aliphatic hydroxyl groups is 1. The first-order valence-corrected chi connectivity index (χ1v) is 8.32. The van der Waals surface area contributed by atoms with Gasteiger partial charge in [0.25, 0.3) is 0 Å². The maximum atomic E-state index is 10.1. The molecule has 2 aromatic heterocycles. The van der Waals surface area contributed by atoms with Crippen molar-refractivity contribution in [1.29, 1.82) is 0 Å². The molecule has 138 valence electrons. The molecule has 25 heavy (non-hydrogen) atoms. The second kappa shape index (κ2) is 9.18. The summed E-state index contributed by atoms with van der Waals surface area (Å²) in [4.78, 5) is 8.89. The predicted molar refractivity (Wildman–Crippen MR) is 105 cm³/mol. The van der Waals surface area contributed by atoms with Crippen LogP contribution in [0.25, 0.3) is 0 Å². The quantitative estimate of drug-likeness (QED) is 0.355. The molecule has 1 aliphatic heterocycles. The third-order valence-electron chi connectivity index (χ3n) is 3.94. The van der Waals surface area contributed by atoms with E-state index in [9.17, 15) is 5.11 Å². The number of aromatic nitrogens is 3. The van der Waals surface area contributed by atoms with E-state index in [2.05, 4.69) is 25.7 Å². The molecule has 0 aromatic carbocycles. The standard InChI is InChI=1S/C16H24N6O2.HI/c1-3-17-16(18-9-13(23)14-5-4-8-24-14)20-12-6-7-15-19-11(2)21-22(15)10-12;/h4-5,8,12-13,23H,3,6-7,9-10H2,1-2H3,(H2,17,18,20);1H. The molecule has 0 spiro atoms.